The predicted octanol–water partition coefficient (Wildman–Crippen LogP) is 3.12. The van der Waals surface area contributed by atoms with Crippen molar-refractivity contribution < 1.29 is 14.5 Å². The van der Waals surface area contributed by atoms with Gasteiger partial charge in [0.1, 0.15) is 6.04 Å². The van der Waals surface area contributed by atoms with Crippen LogP contribution < -0.4 is 5.32 Å². The molecule has 1 unspecified atom stereocenters. The zero-order valence-electron chi connectivity index (χ0n) is 15.7. The molecule has 1 fully saturated rings. The first kappa shape index (κ1) is 19.5. The van der Waals surface area contributed by atoms with Crippen molar-refractivity contribution in [3.05, 3.63) is 75.8 Å². The standard InChI is InChI=1S/C21H23N3O4/c1-15(22-20(25)18-8-5-9-19(14-18)24(27)28)21(26)23-12-10-17(11-13-23)16-6-3-2-4-7-16/h2-9,14-15,17H,10-13H2,1H3,(H,22,25). The minimum Gasteiger partial charge on any atom is -0.341 e. The second kappa shape index (κ2) is 8.65. The van der Waals surface area contributed by atoms with Gasteiger partial charge in [0.25, 0.3) is 11.6 Å². The molecule has 1 heterocycles. The van der Waals surface area contributed by atoms with Crippen LogP contribution >= 0.6 is 0 Å². The molecule has 0 bridgehead atoms. The molecule has 146 valence electrons. The van der Waals surface area contributed by atoms with Crippen LogP contribution in [0.4, 0.5) is 5.69 Å². The summed E-state index contributed by atoms with van der Waals surface area (Å²) >= 11 is 0. The molecule has 0 aromatic heterocycles. The van der Waals surface area contributed by atoms with E-state index in [1.54, 1.807) is 11.8 Å². The number of non-ortho nitro benzene ring substituents is 1. The summed E-state index contributed by atoms with van der Waals surface area (Å²) in [6, 6.07) is 15.1. The van der Waals surface area contributed by atoms with E-state index in [1.165, 1.54) is 29.8 Å². The van der Waals surface area contributed by atoms with E-state index in [2.05, 4.69) is 17.4 Å². The highest BCUT2D eigenvalue weighted by Gasteiger charge is 2.27. The fourth-order valence-electron chi connectivity index (χ4n) is 3.53. The summed E-state index contributed by atoms with van der Waals surface area (Å²) in [4.78, 5) is 37.1. The van der Waals surface area contributed by atoms with Crippen LogP contribution in [0.15, 0.2) is 54.6 Å². The number of hydrogen-bond donors (Lipinski definition) is 1. The number of hydrogen-bond acceptors (Lipinski definition) is 4. The highest BCUT2D eigenvalue weighted by Crippen LogP contribution is 2.28. The first-order valence-electron chi connectivity index (χ1n) is 9.34. The molecule has 1 aliphatic rings. The van der Waals surface area contributed by atoms with E-state index >= 15 is 0 Å². The second-order valence-electron chi connectivity index (χ2n) is 7.01. The molecular weight excluding hydrogens is 358 g/mol. The van der Waals surface area contributed by atoms with Crippen molar-refractivity contribution >= 4 is 17.5 Å². The van der Waals surface area contributed by atoms with E-state index in [-0.39, 0.29) is 17.2 Å². The summed E-state index contributed by atoms with van der Waals surface area (Å²) in [5.74, 6) is -0.186. The van der Waals surface area contributed by atoms with Gasteiger partial charge in [-0.2, -0.15) is 0 Å². The number of benzene rings is 2. The minimum atomic E-state index is -0.694. The number of carbonyl (C=O) groups excluding carboxylic acids is 2. The van der Waals surface area contributed by atoms with Crippen LogP contribution in [0, 0.1) is 10.1 Å². The van der Waals surface area contributed by atoms with E-state index in [4.69, 9.17) is 0 Å². The molecule has 7 nitrogen and oxygen atoms in total. The molecule has 2 aromatic carbocycles. The fourth-order valence-corrected chi connectivity index (χ4v) is 3.53. The summed E-state index contributed by atoms with van der Waals surface area (Å²) in [5, 5.41) is 13.5. The first-order valence-corrected chi connectivity index (χ1v) is 9.34. The molecule has 28 heavy (non-hydrogen) atoms. The molecule has 2 amide bonds. The van der Waals surface area contributed by atoms with Crippen LogP contribution in [-0.4, -0.2) is 40.8 Å². The lowest BCUT2D eigenvalue weighted by Crippen LogP contribution is -2.49. The highest BCUT2D eigenvalue weighted by molar-refractivity contribution is 5.97. The lowest BCUT2D eigenvalue weighted by Gasteiger charge is -2.34. The number of piperidine rings is 1. The molecule has 3 rings (SSSR count). The van der Waals surface area contributed by atoms with Crippen LogP contribution in [0.25, 0.3) is 0 Å². The van der Waals surface area contributed by atoms with Gasteiger partial charge in [0.2, 0.25) is 5.91 Å². The third kappa shape index (κ3) is 4.54. The molecular formula is C21H23N3O4. The molecule has 1 saturated heterocycles. The molecule has 0 spiro atoms. The van der Waals surface area contributed by atoms with Crippen molar-refractivity contribution in [2.24, 2.45) is 0 Å². The lowest BCUT2D eigenvalue weighted by molar-refractivity contribution is -0.384. The third-order valence-corrected chi connectivity index (χ3v) is 5.11. The van der Waals surface area contributed by atoms with Crippen molar-refractivity contribution in [2.45, 2.75) is 31.7 Å². The van der Waals surface area contributed by atoms with Crippen molar-refractivity contribution in [3.8, 4) is 0 Å². The SMILES string of the molecule is CC(NC(=O)c1cccc([N+](=O)[O-])c1)C(=O)N1CCC(c2ccccc2)CC1. The summed E-state index contributed by atoms with van der Waals surface area (Å²) in [6.45, 7) is 2.94. The predicted molar refractivity (Wildman–Crippen MR) is 105 cm³/mol. The summed E-state index contributed by atoms with van der Waals surface area (Å²) in [5.41, 5.74) is 1.30. The maximum Gasteiger partial charge on any atom is 0.270 e. The zero-order valence-corrected chi connectivity index (χ0v) is 15.7. The van der Waals surface area contributed by atoms with E-state index in [0.29, 0.717) is 19.0 Å². The number of nitro benzene ring substituents is 1. The Kier molecular flexibility index (Phi) is 6.03. The Morgan fingerprint density at radius 1 is 1.11 bits per heavy atom. The Bertz CT molecular complexity index is 861. The average molecular weight is 381 g/mol. The largest absolute Gasteiger partial charge is 0.341 e. The number of carbonyl (C=O) groups is 2. The van der Waals surface area contributed by atoms with Crippen LogP contribution in [0.1, 0.15) is 41.6 Å². The number of rotatable bonds is 5. The maximum absolute atomic E-state index is 12.7. The average Bonchev–Trinajstić information content (AvgIpc) is 2.74. The van der Waals surface area contributed by atoms with Crippen molar-refractivity contribution in [1.29, 1.82) is 0 Å². The van der Waals surface area contributed by atoms with Gasteiger partial charge >= 0.3 is 0 Å². The second-order valence-corrected chi connectivity index (χ2v) is 7.01. The normalized spacial score (nSPS) is 15.7. The number of amides is 2. The monoisotopic (exact) mass is 381 g/mol. The van der Waals surface area contributed by atoms with Gasteiger partial charge in [-0.15, -0.1) is 0 Å². The van der Waals surface area contributed by atoms with Gasteiger partial charge in [-0.05, 0) is 37.3 Å². The summed E-state index contributed by atoms with van der Waals surface area (Å²) in [7, 11) is 0. The number of nitrogens with one attached hydrogen (secondary N) is 1. The van der Waals surface area contributed by atoms with Gasteiger partial charge in [-0.25, -0.2) is 0 Å². The smallest absolute Gasteiger partial charge is 0.270 e. The molecule has 1 aliphatic heterocycles. The highest BCUT2D eigenvalue weighted by atomic mass is 16.6. The van der Waals surface area contributed by atoms with Gasteiger partial charge in [-0.3, -0.25) is 19.7 Å². The van der Waals surface area contributed by atoms with E-state index in [0.717, 1.165) is 12.8 Å². The Hall–Kier alpha value is -3.22. The first-order chi connectivity index (χ1) is 13.5. The molecule has 1 atom stereocenters. The zero-order chi connectivity index (χ0) is 20.1. The fraction of sp³-hybridized carbons (Fsp3) is 0.333. The van der Waals surface area contributed by atoms with Gasteiger partial charge in [0.15, 0.2) is 0 Å². The number of nitrogens with zero attached hydrogens (tertiary/aromatic N) is 2. The van der Waals surface area contributed by atoms with Crippen molar-refractivity contribution in [3.63, 3.8) is 0 Å². The maximum atomic E-state index is 12.7. The third-order valence-electron chi connectivity index (χ3n) is 5.11. The Morgan fingerprint density at radius 2 is 1.79 bits per heavy atom. The van der Waals surface area contributed by atoms with Gasteiger partial charge in [-0.1, -0.05) is 36.4 Å². The van der Waals surface area contributed by atoms with Gasteiger partial charge in [0.05, 0.1) is 4.92 Å². The quantitative estimate of drug-likeness (QED) is 0.636. The van der Waals surface area contributed by atoms with E-state index in [9.17, 15) is 19.7 Å². The van der Waals surface area contributed by atoms with Gasteiger partial charge in [0, 0.05) is 30.8 Å². The van der Waals surface area contributed by atoms with Crippen LogP contribution in [0.2, 0.25) is 0 Å². The summed E-state index contributed by atoms with van der Waals surface area (Å²) < 4.78 is 0. The van der Waals surface area contributed by atoms with E-state index < -0.39 is 16.9 Å². The Labute approximate surface area is 163 Å². The molecule has 0 radical (unpaired) electrons. The number of likely N-dealkylation sites (tertiary alicyclic amines) is 1. The van der Waals surface area contributed by atoms with Crippen LogP contribution in [0.3, 0.4) is 0 Å². The van der Waals surface area contributed by atoms with Crippen molar-refractivity contribution in [2.75, 3.05) is 13.1 Å². The molecule has 7 heteroatoms. The Morgan fingerprint density at radius 3 is 2.43 bits per heavy atom. The van der Waals surface area contributed by atoms with Crippen LogP contribution in [0.5, 0.6) is 0 Å². The lowest BCUT2D eigenvalue weighted by atomic mass is 9.89. The topological polar surface area (TPSA) is 92.5 Å². The Balaban J connectivity index is 1.55. The van der Waals surface area contributed by atoms with Crippen molar-refractivity contribution in [1.82, 2.24) is 10.2 Å². The molecule has 0 aliphatic carbocycles. The number of nitro groups is 1. The molecule has 1 N–H and O–H groups in total. The summed E-state index contributed by atoms with van der Waals surface area (Å²) in [6.07, 6.45) is 1.78. The van der Waals surface area contributed by atoms with Gasteiger partial charge < -0.3 is 10.2 Å². The molecule has 0 saturated carbocycles. The van der Waals surface area contributed by atoms with E-state index in [1.807, 2.05) is 18.2 Å². The minimum absolute atomic E-state index is 0.134. The molecule has 2 aromatic rings. The van der Waals surface area contributed by atoms with Crippen LogP contribution in [-0.2, 0) is 4.79 Å².